The van der Waals surface area contributed by atoms with E-state index in [9.17, 15) is 9.59 Å². The summed E-state index contributed by atoms with van der Waals surface area (Å²) in [5, 5.41) is 9.09. The molecule has 0 aliphatic rings. The maximum Gasteiger partial charge on any atom is 0.339 e. The summed E-state index contributed by atoms with van der Waals surface area (Å²) in [7, 11) is 1.70. The normalized spacial score (nSPS) is 11.4. The largest absolute Gasteiger partial charge is 0.478 e. The van der Waals surface area contributed by atoms with Gasteiger partial charge in [0.25, 0.3) is 0 Å². The van der Waals surface area contributed by atoms with Crippen LogP contribution in [-0.4, -0.2) is 28.9 Å². The summed E-state index contributed by atoms with van der Waals surface area (Å²) in [6, 6.07) is 9.29. The smallest absolute Gasteiger partial charge is 0.339 e. The standard InChI is InChI=1S/C19H23NO4/c1-12-8-6-7-9-16(12)19(3,4)18(23)20(5)11-14-10-15(17(21)22)13(2)24-14/h6-10H,11H2,1-5H3,(H,21,22). The Hall–Kier alpha value is -2.56. The fourth-order valence-corrected chi connectivity index (χ4v) is 3.01. The third-order valence-electron chi connectivity index (χ3n) is 4.29. The summed E-state index contributed by atoms with van der Waals surface area (Å²) in [6.07, 6.45) is 0. The monoisotopic (exact) mass is 329 g/mol. The van der Waals surface area contributed by atoms with Crippen molar-refractivity contribution in [1.29, 1.82) is 0 Å². The predicted molar refractivity (Wildman–Crippen MR) is 91.1 cm³/mol. The SMILES string of the molecule is Cc1ccccc1C(C)(C)C(=O)N(C)Cc1cc(C(=O)O)c(C)o1. The number of hydrogen-bond acceptors (Lipinski definition) is 3. The molecule has 2 aromatic rings. The average molecular weight is 329 g/mol. The molecule has 0 saturated heterocycles. The van der Waals surface area contributed by atoms with Gasteiger partial charge in [-0.05, 0) is 44.9 Å². The van der Waals surface area contributed by atoms with Crippen molar-refractivity contribution in [1.82, 2.24) is 4.90 Å². The van der Waals surface area contributed by atoms with Gasteiger partial charge in [0.05, 0.1) is 12.0 Å². The van der Waals surface area contributed by atoms with Gasteiger partial charge in [-0.25, -0.2) is 4.79 Å². The fraction of sp³-hybridized carbons (Fsp3) is 0.368. The lowest BCUT2D eigenvalue weighted by Gasteiger charge is -2.30. The summed E-state index contributed by atoms with van der Waals surface area (Å²) < 4.78 is 5.46. The molecule has 0 radical (unpaired) electrons. The van der Waals surface area contributed by atoms with Crippen molar-refractivity contribution in [2.75, 3.05) is 7.05 Å². The Kier molecular flexibility index (Phi) is 4.83. The molecule has 1 aromatic heterocycles. The highest BCUT2D eigenvalue weighted by molar-refractivity contribution is 5.89. The number of hydrogen-bond donors (Lipinski definition) is 1. The number of benzene rings is 1. The highest BCUT2D eigenvalue weighted by atomic mass is 16.4. The first-order chi connectivity index (χ1) is 11.1. The second-order valence-corrected chi connectivity index (χ2v) is 6.59. The number of carbonyl (C=O) groups is 2. The Bertz CT molecular complexity index is 773. The van der Waals surface area contributed by atoms with Crippen LogP contribution < -0.4 is 0 Å². The number of nitrogens with zero attached hydrogens (tertiary/aromatic N) is 1. The summed E-state index contributed by atoms with van der Waals surface area (Å²) in [4.78, 5) is 25.6. The van der Waals surface area contributed by atoms with E-state index in [-0.39, 0.29) is 18.0 Å². The van der Waals surface area contributed by atoms with Gasteiger partial charge >= 0.3 is 5.97 Å². The molecule has 0 saturated carbocycles. The second-order valence-electron chi connectivity index (χ2n) is 6.59. The number of aromatic carboxylic acids is 1. The lowest BCUT2D eigenvalue weighted by Crippen LogP contribution is -2.41. The van der Waals surface area contributed by atoms with Gasteiger partial charge in [-0.3, -0.25) is 4.79 Å². The Morgan fingerprint density at radius 1 is 1.21 bits per heavy atom. The number of likely N-dealkylation sites (N-methyl/N-ethyl adjacent to an activating group) is 1. The van der Waals surface area contributed by atoms with Crippen molar-refractivity contribution < 1.29 is 19.1 Å². The molecule has 0 aliphatic carbocycles. The molecule has 0 fully saturated rings. The molecule has 0 aliphatic heterocycles. The van der Waals surface area contributed by atoms with Crippen LogP contribution in [0.15, 0.2) is 34.7 Å². The second kappa shape index (κ2) is 6.51. The van der Waals surface area contributed by atoms with Crippen LogP contribution in [-0.2, 0) is 16.8 Å². The molecular weight excluding hydrogens is 306 g/mol. The van der Waals surface area contributed by atoms with Crippen LogP contribution in [0.1, 0.15) is 46.9 Å². The van der Waals surface area contributed by atoms with Crippen LogP contribution in [0.2, 0.25) is 0 Å². The third-order valence-corrected chi connectivity index (χ3v) is 4.29. The summed E-state index contributed by atoms with van der Waals surface area (Å²) in [6.45, 7) is 7.60. The number of carboxylic acid groups (broad SMARTS) is 1. The summed E-state index contributed by atoms with van der Waals surface area (Å²) >= 11 is 0. The van der Waals surface area contributed by atoms with E-state index in [2.05, 4.69) is 0 Å². The fourth-order valence-electron chi connectivity index (χ4n) is 3.01. The number of rotatable bonds is 5. The molecule has 1 N–H and O–H groups in total. The molecule has 0 atom stereocenters. The van der Waals surface area contributed by atoms with Gasteiger partial charge in [0, 0.05) is 7.05 Å². The zero-order valence-electron chi connectivity index (χ0n) is 14.7. The van der Waals surface area contributed by atoms with E-state index in [1.165, 1.54) is 6.07 Å². The number of carbonyl (C=O) groups excluding carboxylic acids is 1. The minimum atomic E-state index is -1.03. The van der Waals surface area contributed by atoms with Crippen LogP contribution in [0, 0.1) is 13.8 Å². The molecule has 5 nitrogen and oxygen atoms in total. The van der Waals surface area contributed by atoms with Crippen molar-refractivity contribution in [3.63, 3.8) is 0 Å². The van der Waals surface area contributed by atoms with Gasteiger partial charge < -0.3 is 14.4 Å². The maximum absolute atomic E-state index is 12.9. The van der Waals surface area contributed by atoms with E-state index in [1.807, 2.05) is 45.0 Å². The molecule has 0 bridgehead atoms. The van der Waals surface area contributed by atoms with Crippen molar-refractivity contribution in [3.8, 4) is 0 Å². The van der Waals surface area contributed by atoms with Crippen molar-refractivity contribution in [3.05, 3.63) is 58.5 Å². The Morgan fingerprint density at radius 2 is 1.83 bits per heavy atom. The number of amides is 1. The van der Waals surface area contributed by atoms with Crippen molar-refractivity contribution >= 4 is 11.9 Å². The zero-order valence-corrected chi connectivity index (χ0v) is 14.7. The molecule has 24 heavy (non-hydrogen) atoms. The topological polar surface area (TPSA) is 70.8 Å². The lowest BCUT2D eigenvalue weighted by molar-refractivity contribution is -0.135. The van der Waals surface area contributed by atoms with E-state index in [1.54, 1.807) is 18.9 Å². The van der Waals surface area contributed by atoms with Crippen LogP contribution >= 0.6 is 0 Å². The van der Waals surface area contributed by atoms with Crippen LogP contribution in [0.4, 0.5) is 0 Å². The van der Waals surface area contributed by atoms with Gasteiger partial charge in [-0.2, -0.15) is 0 Å². The van der Waals surface area contributed by atoms with Crippen LogP contribution in [0.3, 0.4) is 0 Å². The first-order valence-electron chi connectivity index (χ1n) is 7.79. The molecule has 1 amide bonds. The van der Waals surface area contributed by atoms with Crippen LogP contribution in [0.5, 0.6) is 0 Å². The van der Waals surface area contributed by atoms with E-state index < -0.39 is 11.4 Å². The zero-order chi connectivity index (χ0) is 18.1. The van der Waals surface area contributed by atoms with E-state index in [0.717, 1.165) is 11.1 Å². The molecule has 1 aromatic carbocycles. The van der Waals surface area contributed by atoms with E-state index in [0.29, 0.717) is 11.5 Å². The molecular formula is C19H23NO4. The Balaban J connectivity index is 2.21. The van der Waals surface area contributed by atoms with Gasteiger partial charge in [0.2, 0.25) is 5.91 Å². The van der Waals surface area contributed by atoms with Gasteiger partial charge in [-0.15, -0.1) is 0 Å². The molecule has 128 valence electrons. The van der Waals surface area contributed by atoms with E-state index >= 15 is 0 Å². The van der Waals surface area contributed by atoms with E-state index in [4.69, 9.17) is 9.52 Å². The minimum Gasteiger partial charge on any atom is -0.478 e. The predicted octanol–water partition coefficient (Wildman–Crippen LogP) is 3.53. The van der Waals surface area contributed by atoms with Crippen LogP contribution in [0.25, 0.3) is 0 Å². The summed E-state index contributed by atoms with van der Waals surface area (Å²) in [5.41, 5.74) is 1.48. The lowest BCUT2D eigenvalue weighted by atomic mass is 9.81. The van der Waals surface area contributed by atoms with Gasteiger partial charge in [0.1, 0.15) is 17.1 Å². The first kappa shape index (κ1) is 17.8. The maximum atomic E-state index is 12.9. The van der Waals surface area contributed by atoms with Gasteiger partial charge in [-0.1, -0.05) is 24.3 Å². The number of furan rings is 1. The quantitative estimate of drug-likeness (QED) is 0.911. The number of carboxylic acids is 1. The van der Waals surface area contributed by atoms with Gasteiger partial charge in [0.15, 0.2) is 0 Å². The van der Waals surface area contributed by atoms with Crippen molar-refractivity contribution in [2.24, 2.45) is 0 Å². The minimum absolute atomic E-state index is 0.0530. The summed E-state index contributed by atoms with van der Waals surface area (Å²) in [5.74, 6) is -0.280. The first-order valence-corrected chi connectivity index (χ1v) is 7.79. The molecule has 0 unspecified atom stereocenters. The highest BCUT2D eigenvalue weighted by Crippen LogP contribution is 2.29. The molecule has 5 heteroatoms. The number of aryl methyl sites for hydroxylation is 2. The molecule has 0 spiro atoms. The molecule has 2 rings (SSSR count). The highest BCUT2D eigenvalue weighted by Gasteiger charge is 2.33. The average Bonchev–Trinajstić information content (AvgIpc) is 2.87. The van der Waals surface area contributed by atoms with Crippen molar-refractivity contribution in [2.45, 2.75) is 39.7 Å². The molecule has 1 heterocycles. The third kappa shape index (κ3) is 3.35. The Labute approximate surface area is 141 Å². The Morgan fingerprint density at radius 3 is 2.38 bits per heavy atom.